The van der Waals surface area contributed by atoms with Crippen LogP contribution in [0.15, 0.2) is 34.0 Å². The fraction of sp³-hybridized carbons (Fsp3) is 0.308. The van der Waals surface area contributed by atoms with Gasteiger partial charge in [0.1, 0.15) is 11.8 Å². The van der Waals surface area contributed by atoms with E-state index in [9.17, 15) is 16.8 Å². The number of oxime groups is 1. The lowest BCUT2D eigenvalue weighted by molar-refractivity contribution is 0.318. The molecule has 0 amide bonds. The molecular formula is C13H18N4O6S2. The lowest BCUT2D eigenvalue weighted by atomic mass is 10.1. The molecule has 12 heteroatoms. The predicted octanol–water partition coefficient (Wildman–Crippen LogP) is -0.0281. The summed E-state index contributed by atoms with van der Waals surface area (Å²) in [5.41, 5.74) is 6.54. The molecule has 0 saturated carbocycles. The molecule has 1 heterocycles. The number of rotatable bonds is 7. The van der Waals surface area contributed by atoms with E-state index < -0.39 is 20.0 Å². The Morgan fingerprint density at radius 2 is 2.00 bits per heavy atom. The third-order valence-electron chi connectivity index (χ3n) is 3.42. The number of amidine groups is 1. The number of anilines is 1. The highest BCUT2D eigenvalue weighted by atomic mass is 32.2. The van der Waals surface area contributed by atoms with Crippen LogP contribution in [0.3, 0.4) is 0 Å². The van der Waals surface area contributed by atoms with Crippen molar-refractivity contribution in [3.8, 4) is 0 Å². The number of primary sulfonamides is 1. The summed E-state index contributed by atoms with van der Waals surface area (Å²) in [4.78, 5) is 0. The summed E-state index contributed by atoms with van der Waals surface area (Å²) in [5, 5.41) is 17.1. The normalized spacial score (nSPS) is 13.3. The Bertz CT molecular complexity index is 1010. The topological polar surface area (TPSA) is 169 Å². The van der Waals surface area contributed by atoms with Gasteiger partial charge in [-0.25, -0.2) is 22.0 Å². The number of furan rings is 1. The van der Waals surface area contributed by atoms with Crippen LogP contribution in [0, 0.1) is 0 Å². The standard InChI is InChI=1S/C13H18N4O6S2/c1-24(19,20)17(5-2-6-25(15,21)22)9-3-4-10-11(13(14)16-18)8-23-12(10)7-9/h3-4,7-8,18H,2,5-6H2,1H3,(H2,14,16)(H2,15,21,22). The first-order chi connectivity index (χ1) is 11.5. The van der Waals surface area contributed by atoms with Crippen molar-refractivity contribution in [2.24, 2.45) is 16.0 Å². The van der Waals surface area contributed by atoms with Crippen molar-refractivity contribution in [3.05, 3.63) is 30.0 Å². The molecule has 0 saturated heterocycles. The van der Waals surface area contributed by atoms with Crippen LogP contribution in [0.2, 0.25) is 0 Å². The van der Waals surface area contributed by atoms with Crippen molar-refractivity contribution in [2.75, 3.05) is 22.9 Å². The Hall–Kier alpha value is -2.31. The summed E-state index contributed by atoms with van der Waals surface area (Å²) in [6, 6.07) is 4.56. The first-order valence-corrected chi connectivity index (χ1v) is 10.6. The zero-order chi connectivity index (χ0) is 18.8. The van der Waals surface area contributed by atoms with E-state index in [1.165, 1.54) is 18.4 Å². The van der Waals surface area contributed by atoms with Gasteiger partial charge in [-0.15, -0.1) is 0 Å². The Morgan fingerprint density at radius 3 is 2.56 bits per heavy atom. The number of nitrogens with zero attached hydrogens (tertiary/aromatic N) is 2. The van der Waals surface area contributed by atoms with Crippen molar-refractivity contribution in [1.82, 2.24) is 0 Å². The maximum absolute atomic E-state index is 12.0. The Kier molecular flexibility index (Phi) is 5.25. The highest BCUT2D eigenvalue weighted by molar-refractivity contribution is 7.92. The zero-order valence-corrected chi connectivity index (χ0v) is 14.9. The molecule has 0 bridgehead atoms. The summed E-state index contributed by atoms with van der Waals surface area (Å²) >= 11 is 0. The van der Waals surface area contributed by atoms with E-state index in [0.717, 1.165) is 10.6 Å². The maximum atomic E-state index is 12.0. The van der Waals surface area contributed by atoms with Gasteiger partial charge in [0.15, 0.2) is 5.84 Å². The smallest absolute Gasteiger partial charge is 0.232 e. The van der Waals surface area contributed by atoms with Gasteiger partial charge >= 0.3 is 0 Å². The summed E-state index contributed by atoms with van der Waals surface area (Å²) in [5.74, 6) is -0.477. The number of sulfonamides is 2. The van der Waals surface area contributed by atoms with E-state index >= 15 is 0 Å². The van der Waals surface area contributed by atoms with Gasteiger partial charge in [-0.3, -0.25) is 4.31 Å². The van der Waals surface area contributed by atoms with Gasteiger partial charge in [0.05, 0.1) is 23.3 Å². The predicted molar refractivity (Wildman–Crippen MR) is 93.5 cm³/mol. The Balaban J connectivity index is 2.38. The Morgan fingerprint density at radius 1 is 1.32 bits per heavy atom. The van der Waals surface area contributed by atoms with Crippen LogP contribution in [-0.2, 0) is 20.0 Å². The summed E-state index contributed by atoms with van der Waals surface area (Å²) in [6.45, 7) is -0.0609. The third kappa shape index (κ3) is 4.61. The second kappa shape index (κ2) is 6.90. The Labute approximate surface area is 144 Å². The van der Waals surface area contributed by atoms with Crippen LogP contribution in [0.4, 0.5) is 5.69 Å². The minimum Gasteiger partial charge on any atom is -0.463 e. The van der Waals surface area contributed by atoms with Gasteiger partial charge in [0.2, 0.25) is 20.0 Å². The van der Waals surface area contributed by atoms with E-state index in [2.05, 4.69) is 5.16 Å². The molecule has 0 atom stereocenters. The summed E-state index contributed by atoms with van der Waals surface area (Å²) < 4.78 is 52.5. The van der Waals surface area contributed by atoms with Crippen molar-refractivity contribution < 1.29 is 26.5 Å². The number of hydrogen-bond donors (Lipinski definition) is 3. The van der Waals surface area contributed by atoms with Crippen LogP contribution in [-0.4, -0.2) is 46.4 Å². The van der Waals surface area contributed by atoms with E-state index in [-0.39, 0.29) is 24.6 Å². The lowest BCUT2D eigenvalue weighted by Gasteiger charge is -2.22. The highest BCUT2D eigenvalue weighted by Crippen LogP contribution is 2.27. The number of nitrogens with two attached hydrogens (primary N) is 2. The molecular weight excluding hydrogens is 372 g/mol. The van der Waals surface area contributed by atoms with Crippen LogP contribution in [0.1, 0.15) is 12.0 Å². The largest absolute Gasteiger partial charge is 0.463 e. The molecule has 25 heavy (non-hydrogen) atoms. The first kappa shape index (κ1) is 19.0. The van der Waals surface area contributed by atoms with Crippen molar-refractivity contribution >= 4 is 42.5 Å². The minimum atomic E-state index is -3.68. The minimum absolute atomic E-state index is 0.0392. The number of hydrogen-bond acceptors (Lipinski definition) is 7. The van der Waals surface area contributed by atoms with Crippen LogP contribution in [0.5, 0.6) is 0 Å². The van der Waals surface area contributed by atoms with Gasteiger partial charge in [-0.1, -0.05) is 5.16 Å². The average Bonchev–Trinajstić information content (AvgIpc) is 2.91. The van der Waals surface area contributed by atoms with E-state index in [1.807, 2.05) is 0 Å². The molecule has 0 aliphatic carbocycles. The molecule has 0 unspecified atom stereocenters. The summed E-state index contributed by atoms with van der Waals surface area (Å²) in [6.07, 6.45) is 2.34. The molecule has 1 aromatic heterocycles. The van der Waals surface area contributed by atoms with Gasteiger partial charge in [-0.2, -0.15) is 0 Å². The molecule has 0 fully saturated rings. The molecule has 2 aromatic rings. The second-order valence-corrected chi connectivity index (χ2v) is 9.01. The second-order valence-electron chi connectivity index (χ2n) is 5.37. The van der Waals surface area contributed by atoms with E-state index in [1.54, 1.807) is 6.07 Å². The molecule has 2 rings (SSSR count). The average molecular weight is 390 g/mol. The van der Waals surface area contributed by atoms with Crippen molar-refractivity contribution in [2.45, 2.75) is 6.42 Å². The van der Waals surface area contributed by atoms with Crippen LogP contribution in [0.25, 0.3) is 11.0 Å². The van der Waals surface area contributed by atoms with Gasteiger partial charge in [-0.05, 0) is 18.6 Å². The van der Waals surface area contributed by atoms with Gasteiger partial charge in [0, 0.05) is 18.0 Å². The van der Waals surface area contributed by atoms with Crippen LogP contribution < -0.4 is 15.2 Å². The molecule has 138 valence electrons. The molecule has 10 nitrogen and oxygen atoms in total. The van der Waals surface area contributed by atoms with E-state index in [0.29, 0.717) is 22.2 Å². The maximum Gasteiger partial charge on any atom is 0.232 e. The quantitative estimate of drug-likeness (QED) is 0.258. The monoisotopic (exact) mass is 390 g/mol. The number of benzene rings is 1. The van der Waals surface area contributed by atoms with Crippen LogP contribution >= 0.6 is 0 Å². The number of fused-ring (bicyclic) bond motifs is 1. The lowest BCUT2D eigenvalue weighted by Crippen LogP contribution is -2.32. The molecule has 0 spiro atoms. The highest BCUT2D eigenvalue weighted by Gasteiger charge is 2.20. The SMILES string of the molecule is CS(=O)(=O)N(CCCS(N)(=O)=O)c1ccc2c(C(N)=NO)coc2c1. The summed E-state index contributed by atoms with van der Waals surface area (Å²) in [7, 11) is -7.33. The zero-order valence-electron chi connectivity index (χ0n) is 13.3. The van der Waals surface area contributed by atoms with Crippen molar-refractivity contribution in [3.63, 3.8) is 0 Å². The molecule has 0 aliphatic rings. The van der Waals surface area contributed by atoms with E-state index in [4.69, 9.17) is 20.5 Å². The molecule has 0 aliphatic heterocycles. The third-order valence-corrected chi connectivity index (χ3v) is 5.47. The first-order valence-electron chi connectivity index (χ1n) is 7.00. The fourth-order valence-electron chi connectivity index (χ4n) is 2.32. The fourth-order valence-corrected chi connectivity index (χ4v) is 3.81. The molecule has 1 aromatic carbocycles. The van der Waals surface area contributed by atoms with Gasteiger partial charge in [0.25, 0.3) is 0 Å². The molecule has 0 radical (unpaired) electrons. The molecule has 5 N–H and O–H groups in total. The van der Waals surface area contributed by atoms with Crippen molar-refractivity contribution in [1.29, 1.82) is 0 Å². The van der Waals surface area contributed by atoms with Gasteiger partial charge < -0.3 is 15.4 Å².